The molecule has 1 rings (SSSR count). The maximum absolute atomic E-state index is 11.4. The first-order chi connectivity index (χ1) is 10.1. The van der Waals surface area contributed by atoms with Crippen molar-refractivity contribution < 1.29 is 14.3 Å². The zero-order valence-electron chi connectivity index (χ0n) is 13.3. The predicted octanol–water partition coefficient (Wildman–Crippen LogP) is 2.95. The minimum absolute atomic E-state index is 0.157. The Morgan fingerprint density at radius 3 is 2.76 bits per heavy atom. The van der Waals surface area contributed by atoms with Crippen LogP contribution >= 0.6 is 11.8 Å². The van der Waals surface area contributed by atoms with E-state index in [1.54, 1.807) is 18.9 Å². The molecule has 0 radical (unpaired) electrons. The van der Waals surface area contributed by atoms with Gasteiger partial charge in [-0.05, 0) is 26.5 Å². The Kier molecular flexibility index (Phi) is 8.23. The number of carbonyl (C=O) groups is 1. The van der Waals surface area contributed by atoms with E-state index in [-0.39, 0.29) is 12.0 Å². The second kappa shape index (κ2) is 9.68. The molecule has 21 heavy (non-hydrogen) atoms. The van der Waals surface area contributed by atoms with Crippen molar-refractivity contribution in [2.45, 2.75) is 26.8 Å². The van der Waals surface area contributed by atoms with Crippen molar-refractivity contribution in [2.24, 2.45) is 0 Å². The number of esters is 1. The van der Waals surface area contributed by atoms with E-state index in [1.807, 2.05) is 19.1 Å². The van der Waals surface area contributed by atoms with Gasteiger partial charge in [0, 0.05) is 17.4 Å². The fourth-order valence-corrected chi connectivity index (χ4v) is 2.99. The number of carbonyl (C=O) groups excluding carboxylic acids is 1. The molecule has 1 aromatic rings. The van der Waals surface area contributed by atoms with Crippen LogP contribution in [0.1, 0.15) is 31.0 Å². The van der Waals surface area contributed by atoms with E-state index in [0.717, 1.165) is 23.6 Å². The maximum Gasteiger partial charge on any atom is 0.315 e. The third kappa shape index (κ3) is 5.98. The van der Waals surface area contributed by atoms with Gasteiger partial charge in [0.25, 0.3) is 0 Å². The predicted molar refractivity (Wildman–Crippen MR) is 88.1 cm³/mol. The molecule has 0 spiro atoms. The molecular formula is C16H25NO3S. The number of aryl methyl sites for hydroxylation is 1. The van der Waals surface area contributed by atoms with Crippen molar-refractivity contribution in [1.29, 1.82) is 0 Å². The minimum Gasteiger partial charge on any atom is -0.496 e. The molecule has 5 heteroatoms. The first kappa shape index (κ1) is 17.9. The number of ether oxygens (including phenoxy) is 2. The van der Waals surface area contributed by atoms with Gasteiger partial charge in [0.2, 0.25) is 0 Å². The van der Waals surface area contributed by atoms with Crippen LogP contribution < -0.4 is 10.1 Å². The van der Waals surface area contributed by atoms with Crippen molar-refractivity contribution in [3.8, 4) is 5.75 Å². The van der Waals surface area contributed by atoms with E-state index in [0.29, 0.717) is 12.4 Å². The molecule has 1 aromatic carbocycles. The molecule has 0 heterocycles. The van der Waals surface area contributed by atoms with Crippen molar-refractivity contribution in [3.05, 3.63) is 29.3 Å². The van der Waals surface area contributed by atoms with Crippen molar-refractivity contribution in [2.75, 3.05) is 31.8 Å². The quantitative estimate of drug-likeness (QED) is 0.711. The van der Waals surface area contributed by atoms with E-state index in [9.17, 15) is 4.79 Å². The molecule has 1 atom stereocenters. The molecule has 0 aromatic heterocycles. The Bertz CT molecular complexity index is 451. The highest BCUT2D eigenvalue weighted by atomic mass is 32.2. The van der Waals surface area contributed by atoms with Gasteiger partial charge in [0.1, 0.15) is 5.75 Å². The van der Waals surface area contributed by atoms with E-state index in [2.05, 4.69) is 25.2 Å². The summed E-state index contributed by atoms with van der Waals surface area (Å²) in [5, 5.41) is 3.45. The lowest BCUT2D eigenvalue weighted by Crippen LogP contribution is -2.24. The second-order valence-electron chi connectivity index (χ2n) is 4.68. The summed E-state index contributed by atoms with van der Waals surface area (Å²) in [4.78, 5) is 11.4. The molecule has 0 aliphatic carbocycles. The van der Waals surface area contributed by atoms with Crippen LogP contribution in [0.5, 0.6) is 5.75 Å². The fourth-order valence-electron chi connectivity index (χ4n) is 2.09. The highest BCUT2D eigenvalue weighted by molar-refractivity contribution is 7.99. The Hall–Kier alpha value is -1.20. The fraction of sp³-hybridized carbons (Fsp3) is 0.562. The summed E-state index contributed by atoms with van der Waals surface area (Å²) < 4.78 is 10.4. The molecule has 1 unspecified atom stereocenters. The number of rotatable bonds is 9. The average Bonchev–Trinajstić information content (AvgIpc) is 2.46. The third-order valence-corrected chi connectivity index (χ3v) is 4.03. The van der Waals surface area contributed by atoms with E-state index in [1.165, 1.54) is 5.56 Å². The molecular weight excluding hydrogens is 286 g/mol. The highest BCUT2D eigenvalue weighted by Gasteiger charge is 2.16. The lowest BCUT2D eigenvalue weighted by Gasteiger charge is -2.21. The maximum atomic E-state index is 11.4. The SMILES string of the molecule is CCNC(CSCC(=O)OCC)c1cc(C)ccc1OC. The summed E-state index contributed by atoms with van der Waals surface area (Å²) in [6.07, 6.45) is 0. The van der Waals surface area contributed by atoms with Gasteiger partial charge < -0.3 is 14.8 Å². The highest BCUT2D eigenvalue weighted by Crippen LogP contribution is 2.28. The number of nitrogens with one attached hydrogen (secondary N) is 1. The number of methoxy groups -OCH3 is 1. The van der Waals surface area contributed by atoms with Gasteiger partial charge in [-0.2, -0.15) is 0 Å². The van der Waals surface area contributed by atoms with Crippen LogP contribution in [0.2, 0.25) is 0 Å². The summed E-state index contributed by atoms with van der Waals surface area (Å²) in [5.41, 5.74) is 2.33. The Morgan fingerprint density at radius 1 is 1.38 bits per heavy atom. The van der Waals surface area contributed by atoms with Crippen LogP contribution in [-0.4, -0.2) is 37.7 Å². The van der Waals surface area contributed by atoms with Crippen molar-refractivity contribution in [3.63, 3.8) is 0 Å². The van der Waals surface area contributed by atoms with Gasteiger partial charge in [-0.15, -0.1) is 11.8 Å². The van der Waals surface area contributed by atoms with Crippen LogP contribution in [0, 0.1) is 6.92 Å². The summed E-state index contributed by atoms with van der Waals surface area (Å²) in [5.74, 6) is 1.90. The second-order valence-corrected chi connectivity index (χ2v) is 5.71. The lowest BCUT2D eigenvalue weighted by molar-refractivity contribution is -0.139. The van der Waals surface area contributed by atoms with E-state index >= 15 is 0 Å². The molecule has 118 valence electrons. The summed E-state index contributed by atoms with van der Waals surface area (Å²) >= 11 is 1.58. The number of hydrogen-bond donors (Lipinski definition) is 1. The standard InChI is InChI=1S/C16H25NO3S/c1-5-17-14(10-21-11-16(18)20-6-2)13-9-12(3)7-8-15(13)19-4/h7-9,14,17H,5-6,10-11H2,1-4H3. The smallest absolute Gasteiger partial charge is 0.315 e. The van der Waals surface area contributed by atoms with Crippen LogP contribution in [0.4, 0.5) is 0 Å². The third-order valence-electron chi connectivity index (χ3n) is 3.02. The zero-order chi connectivity index (χ0) is 15.7. The Balaban J connectivity index is 2.72. The number of thioether (sulfide) groups is 1. The topological polar surface area (TPSA) is 47.6 Å². The van der Waals surface area contributed by atoms with E-state index in [4.69, 9.17) is 9.47 Å². The van der Waals surface area contributed by atoms with Gasteiger partial charge in [-0.1, -0.05) is 24.6 Å². The lowest BCUT2D eigenvalue weighted by atomic mass is 10.0. The van der Waals surface area contributed by atoms with E-state index < -0.39 is 0 Å². The minimum atomic E-state index is -0.158. The van der Waals surface area contributed by atoms with Crippen LogP contribution in [-0.2, 0) is 9.53 Å². The number of hydrogen-bond acceptors (Lipinski definition) is 5. The Labute approximate surface area is 131 Å². The molecule has 0 fully saturated rings. The molecule has 0 bridgehead atoms. The van der Waals surface area contributed by atoms with Crippen molar-refractivity contribution >= 4 is 17.7 Å². The Morgan fingerprint density at radius 2 is 2.14 bits per heavy atom. The zero-order valence-corrected chi connectivity index (χ0v) is 14.1. The molecule has 0 aliphatic rings. The number of benzene rings is 1. The molecule has 0 saturated carbocycles. The normalized spacial score (nSPS) is 12.0. The first-order valence-electron chi connectivity index (χ1n) is 7.23. The van der Waals surface area contributed by atoms with Gasteiger partial charge in [-0.3, -0.25) is 4.79 Å². The van der Waals surface area contributed by atoms with Gasteiger partial charge >= 0.3 is 5.97 Å². The van der Waals surface area contributed by atoms with Crippen LogP contribution in [0.25, 0.3) is 0 Å². The molecule has 0 amide bonds. The van der Waals surface area contributed by atoms with Gasteiger partial charge in [-0.25, -0.2) is 0 Å². The summed E-state index contributed by atoms with van der Waals surface area (Å²) in [7, 11) is 1.68. The largest absolute Gasteiger partial charge is 0.496 e. The average molecular weight is 311 g/mol. The van der Waals surface area contributed by atoms with Crippen LogP contribution in [0.15, 0.2) is 18.2 Å². The first-order valence-corrected chi connectivity index (χ1v) is 8.39. The van der Waals surface area contributed by atoms with Gasteiger partial charge in [0.15, 0.2) is 0 Å². The molecule has 4 nitrogen and oxygen atoms in total. The molecule has 1 N–H and O–H groups in total. The molecule has 0 aliphatic heterocycles. The summed E-state index contributed by atoms with van der Waals surface area (Å²) in [6.45, 7) is 7.26. The van der Waals surface area contributed by atoms with Crippen LogP contribution in [0.3, 0.4) is 0 Å². The monoisotopic (exact) mass is 311 g/mol. The summed E-state index contributed by atoms with van der Waals surface area (Å²) in [6, 6.07) is 6.32. The van der Waals surface area contributed by atoms with Gasteiger partial charge in [0.05, 0.1) is 19.5 Å². The van der Waals surface area contributed by atoms with Crippen molar-refractivity contribution in [1.82, 2.24) is 5.32 Å². The molecule has 0 saturated heterocycles.